The SMILES string of the molecule is CC1(C)CCC(NC(=O)c2ccc(N)cc2)CC1. The largest absolute Gasteiger partial charge is 0.399 e. The van der Waals surface area contributed by atoms with Gasteiger partial charge in [-0.3, -0.25) is 4.79 Å². The molecule has 0 aliphatic heterocycles. The van der Waals surface area contributed by atoms with Gasteiger partial charge in [-0.1, -0.05) is 13.8 Å². The number of nitrogens with two attached hydrogens (primary N) is 1. The third kappa shape index (κ3) is 3.25. The van der Waals surface area contributed by atoms with Gasteiger partial charge >= 0.3 is 0 Å². The van der Waals surface area contributed by atoms with Gasteiger partial charge in [-0.15, -0.1) is 0 Å². The van der Waals surface area contributed by atoms with Gasteiger partial charge in [0.2, 0.25) is 0 Å². The molecule has 1 aliphatic rings. The summed E-state index contributed by atoms with van der Waals surface area (Å²) >= 11 is 0. The van der Waals surface area contributed by atoms with Crippen LogP contribution in [0.15, 0.2) is 24.3 Å². The van der Waals surface area contributed by atoms with Gasteiger partial charge in [0.05, 0.1) is 0 Å². The van der Waals surface area contributed by atoms with Crippen LogP contribution in [0.1, 0.15) is 49.9 Å². The molecule has 1 aliphatic carbocycles. The highest BCUT2D eigenvalue weighted by Gasteiger charge is 2.27. The molecule has 0 unspecified atom stereocenters. The van der Waals surface area contributed by atoms with E-state index in [4.69, 9.17) is 5.73 Å². The second-order valence-electron chi connectivity index (χ2n) is 6.03. The topological polar surface area (TPSA) is 55.1 Å². The monoisotopic (exact) mass is 246 g/mol. The molecule has 2 rings (SSSR count). The van der Waals surface area contributed by atoms with E-state index in [0.29, 0.717) is 22.7 Å². The van der Waals surface area contributed by atoms with Crippen LogP contribution in [0.25, 0.3) is 0 Å². The summed E-state index contributed by atoms with van der Waals surface area (Å²) in [6.07, 6.45) is 4.51. The number of carbonyl (C=O) groups is 1. The standard InChI is InChI=1S/C15H22N2O/c1-15(2)9-7-13(8-10-15)17-14(18)11-3-5-12(16)6-4-11/h3-6,13H,7-10,16H2,1-2H3,(H,17,18). The smallest absolute Gasteiger partial charge is 0.251 e. The third-order valence-corrected chi connectivity index (χ3v) is 3.85. The first-order valence-corrected chi connectivity index (χ1v) is 6.63. The summed E-state index contributed by atoms with van der Waals surface area (Å²) in [5, 5.41) is 3.11. The van der Waals surface area contributed by atoms with Crippen molar-refractivity contribution in [2.45, 2.75) is 45.6 Å². The van der Waals surface area contributed by atoms with E-state index in [1.54, 1.807) is 24.3 Å². The molecule has 3 N–H and O–H groups in total. The first-order chi connectivity index (χ1) is 8.46. The van der Waals surface area contributed by atoms with E-state index in [-0.39, 0.29) is 5.91 Å². The van der Waals surface area contributed by atoms with E-state index in [2.05, 4.69) is 19.2 Å². The Morgan fingerprint density at radius 1 is 1.22 bits per heavy atom. The first-order valence-electron chi connectivity index (χ1n) is 6.63. The van der Waals surface area contributed by atoms with Crippen LogP contribution in [0.3, 0.4) is 0 Å². The molecule has 3 nitrogen and oxygen atoms in total. The third-order valence-electron chi connectivity index (χ3n) is 3.85. The van der Waals surface area contributed by atoms with Crippen molar-refractivity contribution in [2.75, 3.05) is 5.73 Å². The summed E-state index contributed by atoms with van der Waals surface area (Å²) in [7, 11) is 0. The van der Waals surface area contributed by atoms with Crippen molar-refractivity contribution < 1.29 is 4.79 Å². The van der Waals surface area contributed by atoms with Crippen LogP contribution in [0.5, 0.6) is 0 Å². The molecule has 18 heavy (non-hydrogen) atoms. The van der Waals surface area contributed by atoms with Crippen LogP contribution < -0.4 is 11.1 Å². The van der Waals surface area contributed by atoms with E-state index >= 15 is 0 Å². The first kappa shape index (κ1) is 12.9. The second-order valence-corrected chi connectivity index (χ2v) is 6.03. The number of anilines is 1. The van der Waals surface area contributed by atoms with Crippen molar-refractivity contribution in [1.29, 1.82) is 0 Å². The average molecular weight is 246 g/mol. The molecule has 3 heteroatoms. The highest BCUT2D eigenvalue weighted by molar-refractivity contribution is 5.94. The van der Waals surface area contributed by atoms with Gasteiger partial charge in [0.1, 0.15) is 0 Å². The number of nitrogens with one attached hydrogen (secondary N) is 1. The zero-order valence-corrected chi connectivity index (χ0v) is 11.2. The lowest BCUT2D eigenvalue weighted by Gasteiger charge is -2.34. The summed E-state index contributed by atoms with van der Waals surface area (Å²) in [6.45, 7) is 4.59. The molecule has 0 bridgehead atoms. The molecule has 98 valence electrons. The Hall–Kier alpha value is -1.51. The van der Waals surface area contributed by atoms with Crippen LogP contribution in [0.4, 0.5) is 5.69 Å². The van der Waals surface area contributed by atoms with E-state index in [1.165, 1.54) is 12.8 Å². The molecule has 1 fully saturated rings. The molecule has 0 atom stereocenters. The van der Waals surface area contributed by atoms with Gasteiger partial charge in [-0.2, -0.15) is 0 Å². The fourth-order valence-corrected chi connectivity index (χ4v) is 2.45. The maximum atomic E-state index is 12.0. The van der Waals surface area contributed by atoms with Crippen molar-refractivity contribution in [1.82, 2.24) is 5.32 Å². The Bertz CT molecular complexity index is 413. The lowest BCUT2D eigenvalue weighted by molar-refractivity contribution is 0.0909. The lowest BCUT2D eigenvalue weighted by atomic mass is 9.75. The van der Waals surface area contributed by atoms with Gasteiger partial charge in [-0.05, 0) is 55.4 Å². The Labute approximate surface area is 109 Å². The maximum Gasteiger partial charge on any atom is 0.251 e. The minimum Gasteiger partial charge on any atom is -0.399 e. The minimum absolute atomic E-state index is 0.0136. The molecule has 1 aromatic carbocycles. The molecular formula is C15H22N2O. The number of nitrogen functional groups attached to an aromatic ring is 1. The lowest BCUT2D eigenvalue weighted by Crippen LogP contribution is -2.39. The average Bonchev–Trinajstić information content (AvgIpc) is 2.33. The Balaban J connectivity index is 1.90. The van der Waals surface area contributed by atoms with Crippen molar-refractivity contribution in [2.24, 2.45) is 5.41 Å². The highest BCUT2D eigenvalue weighted by atomic mass is 16.1. The predicted molar refractivity (Wildman–Crippen MR) is 74.4 cm³/mol. The number of amides is 1. The summed E-state index contributed by atoms with van der Waals surface area (Å²) in [5.74, 6) is 0.0136. The summed E-state index contributed by atoms with van der Waals surface area (Å²) in [6, 6.07) is 7.40. The molecule has 0 saturated heterocycles. The summed E-state index contributed by atoms with van der Waals surface area (Å²) in [4.78, 5) is 12.0. The van der Waals surface area contributed by atoms with Crippen LogP contribution >= 0.6 is 0 Å². The van der Waals surface area contributed by atoms with Crippen molar-refractivity contribution >= 4 is 11.6 Å². The van der Waals surface area contributed by atoms with Crippen LogP contribution in [-0.2, 0) is 0 Å². The predicted octanol–water partition coefficient (Wildman–Crippen LogP) is 2.97. The molecule has 0 spiro atoms. The molecule has 0 radical (unpaired) electrons. The zero-order valence-electron chi connectivity index (χ0n) is 11.2. The molecule has 1 amide bonds. The van der Waals surface area contributed by atoms with Gasteiger partial charge in [-0.25, -0.2) is 0 Å². The maximum absolute atomic E-state index is 12.0. The second kappa shape index (κ2) is 5.01. The van der Waals surface area contributed by atoms with E-state index in [9.17, 15) is 4.79 Å². The van der Waals surface area contributed by atoms with Crippen molar-refractivity contribution in [3.8, 4) is 0 Å². The molecule has 1 saturated carbocycles. The van der Waals surface area contributed by atoms with Gasteiger partial charge < -0.3 is 11.1 Å². The Morgan fingerprint density at radius 3 is 2.33 bits per heavy atom. The summed E-state index contributed by atoms with van der Waals surface area (Å²) < 4.78 is 0. The molecular weight excluding hydrogens is 224 g/mol. The van der Waals surface area contributed by atoms with Gasteiger partial charge in [0, 0.05) is 17.3 Å². The normalized spacial score (nSPS) is 19.4. The molecule has 0 aromatic heterocycles. The van der Waals surface area contributed by atoms with E-state index in [1.807, 2.05) is 0 Å². The number of benzene rings is 1. The fourth-order valence-electron chi connectivity index (χ4n) is 2.45. The zero-order chi connectivity index (χ0) is 13.2. The molecule has 0 heterocycles. The Morgan fingerprint density at radius 2 is 1.78 bits per heavy atom. The van der Waals surface area contributed by atoms with E-state index < -0.39 is 0 Å². The fraction of sp³-hybridized carbons (Fsp3) is 0.533. The number of rotatable bonds is 2. The Kier molecular flexibility index (Phi) is 3.60. The van der Waals surface area contributed by atoms with Crippen molar-refractivity contribution in [3.63, 3.8) is 0 Å². The highest BCUT2D eigenvalue weighted by Crippen LogP contribution is 2.35. The number of hydrogen-bond donors (Lipinski definition) is 2. The van der Waals surface area contributed by atoms with Crippen LogP contribution in [-0.4, -0.2) is 11.9 Å². The van der Waals surface area contributed by atoms with Gasteiger partial charge in [0.25, 0.3) is 5.91 Å². The quantitative estimate of drug-likeness (QED) is 0.788. The molecule has 1 aromatic rings. The summed E-state index contributed by atoms with van der Waals surface area (Å²) in [5.41, 5.74) is 7.42. The number of hydrogen-bond acceptors (Lipinski definition) is 2. The minimum atomic E-state index is 0.0136. The van der Waals surface area contributed by atoms with Gasteiger partial charge in [0.15, 0.2) is 0 Å². The van der Waals surface area contributed by atoms with E-state index in [0.717, 1.165) is 12.8 Å². The number of carbonyl (C=O) groups excluding carboxylic acids is 1. The van der Waals surface area contributed by atoms with Crippen LogP contribution in [0.2, 0.25) is 0 Å². The van der Waals surface area contributed by atoms with Crippen LogP contribution in [0, 0.1) is 5.41 Å². The van der Waals surface area contributed by atoms with Crippen molar-refractivity contribution in [3.05, 3.63) is 29.8 Å².